The number of nitrogens with zero attached hydrogens (tertiary/aromatic N) is 12. The molecule has 6 heterocycles. The van der Waals surface area contributed by atoms with E-state index in [4.69, 9.17) is 0 Å². The minimum absolute atomic E-state index is 0.859. The molecule has 54 heavy (non-hydrogen) atoms. The Morgan fingerprint density at radius 1 is 0.444 bits per heavy atom. The first kappa shape index (κ1) is 46.5. The van der Waals surface area contributed by atoms with Crippen LogP contribution in [0.4, 0.5) is 0 Å². The molecule has 12 nitrogen and oxygen atoms in total. The SMILES string of the molecule is CC.CC.CC.CCCC[n+]1ccc(-c2cccnn2)cn1.CCCC[n+]1ccc(-c2ccnnc2)cn1.CCCC[n+]1ccc(-c2cnccn2)cn1. The molecule has 6 aromatic rings. The monoisotopic (exact) mass is 736 g/mol. The summed E-state index contributed by atoms with van der Waals surface area (Å²) in [5, 5.41) is 28.5. The van der Waals surface area contributed by atoms with Crippen LogP contribution in [-0.4, -0.2) is 45.7 Å². The van der Waals surface area contributed by atoms with Crippen LogP contribution in [0.25, 0.3) is 33.6 Å². The fraction of sp³-hybridized carbons (Fsp3) is 0.429. The van der Waals surface area contributed by atoms with E-state index in [0.717, 1.165) is 72.5 Å². The largest absolute Gasteiger partial charge is 0.261 e. The van der Waals surface area contributed by atoms with Gasteiger partial charge in [0.15, 0.2) is 38.2 Å². The summed E-state index contributed by atoms with van der Waals surface area (Å²) in [6, 6.07) is 11.8. The van der Waals surface area contributed by atoms with Crippen molar-refractivity contribution in [3.63, 3.8) is 0 Å². The Morgan fingerprint density at radius 2 is 0.944 bits per heavy atom. The summed E-state index contributed by atoms with van der Waals surface area (Å²) < 4.78 is 5.86. The summed E-state index contributed by atoms with van der Waals surface area (Å²) in [6.07, 6.45) is 28.7. The Hall–Kier alpha value is -5.52. The highest BCUT2D eigenvalue weighted by Crippen LogP contribution is 2.14. The zero-order chi connectivity index (χ0) is 39.7. The van der Waals surface area contributed by atoms with Crippen molar-refractivity contribution in [2.24, 2.45) is 0 Å². The molecule has 0 aromatic carbocycles. The second-order valence-electron chi connectivity index (χ2n) is 10.9. The minimum atomic E-state index is 0.859. The van der Waals surface area contributed by atoms with Gasteiger partial charge in [-0.25, -0.2) is 0 Å². The lowest BCUT2D eigenvalue weighted by molar-refractivity contribution is -0.754. The van der Waals surface area contributed by atoms with Crippen molar-refractivity contribution >= 4 is 0 Å². The highest BCUT2D eigenvalue weighted by atomic mass is 15.3. The van der Waals surface area contributed by atoms with Gasteiger partial charge >= 0.3 is 0 Å². The van der Waals surface area contributed by atoms with Gasteiger partial charge in [-0.1, -0.05) is 95.6 Å². The van der Waals surface area contributed by atoms with Crippen LogP contribution in [0.3, 0.4) is 0 Å². The maximum atomic E-state index is 4.36. The molecular weight excluding hydrogens is 673 g/mol. The molecule has 0 amide bonds. The molecule has 0 radical (unpaired) electrons. The number of rotatable bonds is 12. The predicted molar refractivity (Wildman–Crippen MR) is 215 cm³/mol. The average Bonchev–Trinajstić information content (AvgIpc) is 3.28. The number of aromatic nitrogens is 12. The van der Waals surface area contributed by atoms with Crippen LogP contribution in [0.15, 0.2) is 111 Å². The highest BCUT2D eigenvalue weighted by Gasteiger charge is 2.06. The van der Waals surface area contributed by atoms with E-state index in [1.54, 1.807) is 37.2 Å². The zero-order valence-corrected chi connectivity index (χ0v) is 34.1. The molecule has 0 N–H and O–H groups in total. The molecule has 288 valence electrons. The summed E-state index contributed by atoms with van der Waals surface area (Å²) in [5.74, 6) is 0. The van der Waals surface area contributed by atoms with Gasteiger partial charge in [-0.05, 0) is 33.5 Å². The molecule has 0 unspecified atom stereocenters. The van der Waals surface area contributed by atoms with Crippen molar-refractivity contribution in [1.82, 2.24) is 45.7 Å². The van der Waals surface area contributed by atoms with Gasteiger partial charge in [0, 0.05) is 78.3 Å². The summed E-state index contributed by atoms with van der Waals surface area (Å²) in [6.45, 7) is 21.4. The first-order chi connectivity index (χ1) is 26.7. The van der Waals surface area contributed by atoms with Crippen LogP contribution < -0.4 is 14.0 Å². The van der Waals surface area contributed by atoms with Gasteiger partial charge in [0.05, 0.1) is 30.0 Å². The van der Waals surface area contributed by atoms with Gasteiger partial charge < -0.3 is 0 Å². The van der Waals surface area contributed by atoms with Crippen molar-refractivity contribution in [2.75, 3.05) is 0 Å². The van der Waals surface area contributed by atoms with Crippen LogP contribution in [0, 0.1) is 0 Å². The molecule has 0 saturated carbocycles. The molecule has 0 atom stereocenters. The lowest BCUT2D eigenvalue weighted by atomic mass is 10.1. The van der Waals surface area contributed by atoms with Gasteiger partial charge in [0.25, 0.3) is 0 Å². The molecule has 0 fully saturated rings. The molecule has 6 aromatic heterocycles. The van der Waals surface area contributed by atoms with E-state index in [0.29, 0.717) is 0 Å². The first-order valence-corrected chi connectivity index (χ1v) is 19.6. The van der Waals surface area contributed by atoms with Crippen molar-refractivity contribution in [2.45, 2.75) is 120 Å². The predicted octanol–water partition coefficient (Wildman–Crippen LogP) is 7.96. The van der Waals surface area contributed by atoms with Gasteiger partial charge in [0.2, 0.25) is 0 Å². The molecule has 0 aliphatic carbocycles. The Labute approximate surface area is 323 Å². The maximum Gasteiger partial charge on any atom is 0.196 e. The normalized spacial score (nSPS) is 9.50. The molecule has 12 heteroatoms. The third-order valence-corrected chi connectivity index (χ3v) is 7.18. The highest BCUT2D eigenvalue weighted by molar-refractivity contribution is 5.59. The van der Waals surface area contributed by atoms with Gasteiger partial charge in [-0.15, -0.1) is 0 Å². The molecule has 0 saturated heterocycles. The van der Waals surface area contributed by atoms with E-state index in [1.165, 1.54) is 19.3 Å². The third kappa shape index (κ3) is 18.3. The minimum Gasteiger partial charge on any atom is -0.261 e. The quantitative estimate of drug-likeness (QED) is 0.115. The van der Waals surface area contributed by atoms with E-state index in [1.807, 2.05) is 123 Å². The van der Waals surface area contributed by atoms with E-state index in [2.05, 4.69) is 72.5 Å². The summed E-state index contributed by atoms with van der Waals surface area (Å²) >= 11 is 0. The Balaban J connectivity index is 0.000000378. The van der Waals surface area contributed by atoms with Crippen LogP contribution >= 0.6 is 0 Å². The van der Waals surface area contributed by atoms with Crippen LogP contribution in [-0.2, 0) is 19.6 Å². The molecule has 6 rings (SSSR count). The smallest absolute Gasteiger partial charge is 0.196 e. The zero-order valence-electron chi connectivity index (χ0n) is 34.1. The van der Waals surface area contributed by atoms with Crippen LogP contribution in [0.1, 0.15) is 101 Å². The van der Waals surface area contributed by atoms with Crippen LogP contribution in [0.5, 0.6) is 0 Å². The average molecular weight is 736 g/mol. The van der Waals surface area contributed by atoms with Gasteiger partial charge in [-0.2, -0.15) is 20.4 Å². The molecular formula is C42H63N12+3. The summed E-state index contributed by atoms with van der Waals surface area (Å²) in [5.41, 5.74) is 5.84. The van der Waals surface area contributed by atoms with E-state index < -0.39 is 0 Å². The number of unbranched alkanes of at least 4 members (excludes halogenated alkanes) is 3. The molecule has 0 aliphatic rings. The van der Waals surface area contributed by atoms with Crippen molar-refractivity contribution in [3.05, 3.63) is 111 Å². The van der Waals surface area contributed by atoms with E-state index in [9.17, 15) is 0 Å². The molecule has 0 spiro atoms. The second kappa shape index (κ2) is 31.0. The summed E-state index contributed by atoms with van der Waals surface area (Å²) in [7, 11) is 0. The standard InChI is InChI=1S/3C12H15N4.3C2H6/c1-2-3-7-16-8-4-11(9-15-16)12-10-13-5-6-14-12;1-2-3-7-16-8-5-12(10-15-16)11-4-6-13-14-9-11;1-2-3-8-16-9-6-11(10-14-16)12-5-4-7-13-15-12;3*1-2/h2*4-6,8-10H,2-3,7H2,1H3;4-7,9-10H,2-3,8H2,1H3;3*1-2H3/q3*+1;;;. The fourth-order valence-electron chi connectivity index (χ4n) is 4.35. The Morgan fingerprint density at radius 3 is 1.33 bits per heavy atom. The van der Waals surface area contributed by atoms with E-state index >= 15 is 0 Å². The van der Waals surface area contributed by atoms with E-state index in [-0.39, 0.29) is 0 Å². The Kier molecular flexibility index (Phi) is 26.7. The van der Waals surface area contributed by atoms with Gasteiger partial charge in [0.1, 0.15) is 18.6 Å². The fourth-order valence-corrected chi connectivity index (χ4v) is 4.35. The van der Waals surface area contributed by atoms with Gasteiger partial charge in [-0.3, -0.25) is 9.97 Å². The first-order valence-electron chi connectivity index (χ1n) is 19.6. The number of aryl methyl sites for hydroxylation is 3. The second-order valence-corrected chi connectivity index (χ2v) is 10.9. The topological polar surface area (TPSA) is 128 Å². The third-order valence-electron chi connectivity index (χ3n) is 7.18. The molecule has 0 aliphatic heterocycles. The lowest BCUT2D eigenvalue weighted by Gasteiger charge is -1.97. The number of hydrogen-bond acceptors (Lipinski definition) is 9. The maximum absolute atomic E-state index is 4.36. The lowest BCUT2D eigenvalue weighted by Crippen LogP contribution is -2.37. The van der Waals surface area contributed by atoms with Crippen LogP contribution in [0.2, 0.25) is 0 Å². The molecule has 0 bridgehead atoms. The van der Waals surface area contributed by atoms with Crippen molar-refractivity contribution < 1.29 is 14.0 Å². The number of hydrogen-bond donors (Lipinski definition) is 0. The van der Waals surface area contributed by atoms with Crippen molar-refractivity contribution in [1.29, 1.82) is 0 Å². The summed E-state index contributed by atoms with van der Waals surface area (Å²) in [4.78, 5) is 8.27. The van der Waals surface area contributed by atoms with Crippen molar-refractivity contribution in [3.8, 4) is 33.6 Å². The Bertz CT molecular complexity index is 1480.